The molecule has 38 heavy (non-hydrogen) atoms. The molecule has 0 amide bonds. The van der Waals surface area contributed by atoms with Gasteiger partial charge in [-0.1, -0.05) is 12.1 Å². The molecule has 4 rings (SSSR count). The molecule has 4 aromatic rings. The van der Waals surface area contributed by atoms with Gasteiger partial charge in [0.2, 0.25) is 0 Å². The Hall–Kier alpha value is -4.10. The largest absolute Gasteiger partial charge is 0.298 e. The molecule has 0 aliphatic rings. The van der Waals surface area contributed by atoms with E-state index in [-0.39, 0.29) is 36.4 Å². The summed E-state index contributed by atoms with van der Waals surface area (Å²) in [4.78, 5) is 29.6. The van der Waals surface area contributed by atoms with Crippen LogP contribution in [0.2, 0.25) is 0 Å². The molecule has 0 N–H and O–H groups in total. The van der Waals surface area contributed by atoms with Crippen LogP contribution in [0.25, 0.3) is 11.1 Å². The van der Waals surface area contributed by atoms with Crippen molar-refractivity contribution in [2.24, 2.45) is 0 Å². The van der Waals surface area contributed by atoms with Crippen LogP contribution in [0.4, 0.5) is 13.2 Å². The summed E-state index contributed by atoms with van der Waals surface area (Å²) in [6, 6.07) is 12.6. The van der Waals surface area contributed by atoms with Gasteiger partial charge in [0.15, 0.2) is 17.3 Å². The van der Waals surface area contributed by atoms with Crippen molar-refractivity contribution < 1.29 is 22.8 Å². The molecule has 0 spiro atoms. The van der Waals surface area contributed by atoms with Crippen molar-refractivity contribution >= 4 is 27.5 Å². The predicted molar refractivity (Wildman–Crippen MR) is 137 cm³/mol. The summed E-state index contributed by atoms with van der Waals surface area (Å²) in [5.74, 6) is -3.48. The zero-order valence-electron chi connectivity index (χ0n) is 20.1. The molecule has 2 heterocycles. The second-order valence-electron chi connectivity index (χ2n) is 8.74. The number of halogens is 4. The van der Waals surface area contributed by atoms with E-state index >= 15 is 0 Å². The molecule has 0 fully saturated rings. The molecule has 0 bridgehead atoms. The molecular weight excluding hydrogens is 561 g/mol. The fraction of sp³-hybridized carbons (Fsp3) is 0.179. The molecule has 10 heteroatoms. The fourth-order valence-electron chi connectivity index (χ4n) is 4.30. The van der Waals surface area contributed by atoms with Crippen LogP contribution in [0, 0.1) is 28.8 Å². The Balaban J connectivity index is 1.73. The normalized spacial score (nSPS) is 11.7. The molecule has 0 saturated carbocycles. The minimum atomic E-state index is -0.749. The summed E-state index contributed by atoms with van der Waals surface area (Å²) in [7, 11) is 0. The average Bonchev–Trinajstić information content (AvgIpc) is 3.21. The topological polar surface area (TPSA) is 88.6 Å². The standard InChI is InChI=1S/C28H20BrF3N4O2/c1-16(37)24-11-18(4-5-26(24)32)23-3-2-6-34-28(23)19(7-17-8-20(30)12-21(31)9-17)10-22(38)14-36-15-25(29)27(13-33)35-36/h2-6,8-9,11-12,15,19H,7,10,14H2,1H3/t19-/m1/s1. The van der Waals surface area contributed by atoms with E-state index in [0.29, 0.717) is 26.9 Å². The van der Waals surface area contributed by atoms with Crippen molar-refractivity contribution in [3.63, 3.8) is 0 Å². The highest BCUT2D eigenvalue weighted by atomic mass is 79.9. The van der Waals surface area contributed by atoms with Gasteiger partial charge in [-0.25, -0.2) is 13.2 Å². The highest BCUT2D eigenvalue weighted by Crippen LogP contribution is 2.33. The monoisotopic (exact) mass is 580 g/mol. The summed E-state index contributed by atoms with van der Waals surface area (Å²) in [5.41, 5.74) is 1.89. The van der Waals surface area contributed by atoms with Gasteiger partial charge in [-0.3, -0.25) is 19.3 Å². The van der Waals surface area contributed by atoms with Crippen molar-refractivity contribution in [2.45, 2.75) is 32.2 Å². The number of aromatic nitrogens is 3. The molecule has 0 saturated heterocycles. The van der Waals surface area contributed by atoms with Crippen molar-refractivity contribution in [3.8, 4) is 17.2 Å². The van der Waals surface area contributed by atoms with E-state index in [2.05, 4.69) is 26.0 Å². The summed E-state index contributed by atoms with van der Waals surface area (Å²) in [5, 5.41) is 13.2. The maximum atomic E-state index is 14.2. The molecule has 0 unspecified atom stereocenters. The first-order valence-electron chi connectivity index (χ1n) is 11.5. The summed E-state index contributed by atoms with van der Waals surface area (Å²) in [6.45, 7) is 1.12. The Kier molecular flexibility index (Phi) is 8.17. The minimum absolute atomic E-state index is 0.0672. The molecule has 2 aromatic heterocycles. The highest BCUT2D eigenvalue weighted by molar-refractivity contribution is 9.10. The number of Topliss-reactive ketones (excluding diaryl/α,β-unsaturated/α-hetero) is 2. The van der Waals surface area contributed by atoms with Gasteiger partial charge in [0.1, 0.15) is 23.5 Å². The number of hydrogen-bond donors (Lipinski definition) is 0. The highest BCUT2D eigenvalue weighted by Gasteiger charge is 2.24. The first-order chi connectivity index (χ1) is 18.1. The number of carbonyl (C=O) groups is 2. The number of pyridine rings is 1. The van der Waals surface area contributed by atoms with Gasteiger partial charge in [0.25, 0.3) is 0 Å². The van der Waals surface area contributed by atoms with Gasteiger partial charge in [-0.2, -0.15) is 10.4 Å². The Bertz CT molecular complexity index is 1560. The summed E-state index contributed by atoms with van der Waals surface area (Å²) < 4.78 is 43.9. The lowest BCUT2D eigenvalue weighted by molar-refractivity contribution is -0.120. The van der Waals surface area contributed by atoms with E-state index in [1.165, 1.54) is 54.3 Å². The van der Waals surface area contributed by atoms with E-state index < -0.39 is 29.2 Å². The number of benzene rings is 2. The molecule has 6 nitrogen and oxygen atoms in total. The van der Waals surface area contributed by atoms with Gasteiger partial charge in [-0.05, 0) is 70.7 Å². The zero-order chi connectivity index (χ0) is 27.4. The molecule has 192 valence electrons. The van der Waals surface area contributed by atoms with E-state index in [0.717, 1.165) is 6.07 Å². The molecule has 0 aliphatic heterocycles. The van der Waals surface area contributed by atoms with E-state index in [9.17, 15) is 22.8 Å². The van der Waals surface area contributed by atoms with E-state index in [4.69, 9.17) is 5.26 Å². The minimum Gasteiger partial charge on any atom is -0.298 e. The number of ketones is 2. The van der Waals surface area contributed by atoms with Crippen molar-refractivity contribution in [2.75, 3.05) is 0 Å². The van der Waals surface area contributed by atoms with E-state index in [1.54, 1.807) is 12.1 Å². The van der Waals surface area contributed by atoms with Crippen LogP contribution < -0.4 is 0 Å². The Morgan fingerprint density at radius 2 is 1.84 bits per heavy atom. The van der Waals surface area contributed by atoms with Crippen molar-refractivity contribution in [1.82, 2.24) is 14.8 Å². The summed E-state index contributed by atoms with van der Waals surface area (Å²) in [6.07, 6.45) is 3.06. The average molecular weight is 581 g/mol. The van der Waals surface area contributed by atoms with Crippen molar-refractivity contribution in [1.29, 1.82) is 5.26 Å². The third-order valence-electron chi connectivity index (χ3n) is 5.92. The second-order valence-corrected chi connectivity index (χ2v) is 9.60. The summed E-state index contributed by atoms with van der Waals surface area (Å²) >= 11 is 3.22. The third kappa shape index (κ3) is 6.23. The smallest absolute Gasteiger partial charge is 0.176 e. The SMILES string of the molecule is CC(=O)c1cc(-c2cccnc2[C@@H](CC(=O)Cn2cc(Br)c(C#N)n2)Cc2cc(F)cc(F)c2)ccc1F. The van der Waals surface area contributed by atoms with Crippen LogP contribution in [0.3, 0.4) is 0 Å². The molecule has 2 aromatic carbocycles. The Labute approximate surface area is 224 Å². The molecule has 0 radical (unpaired) electrons. The van der Waals surface area contributed by atoms with Gasteiger partial charge >= 0.3 is 0 Å². The fourth-order valence-corrected chi connectivity index (χ4v) is 4.71. The predicted octanol–water partition coefficient (Wildman–Crippen LogP) is 6.18. The van der Waals surface area contributed by atoms with Crippen LogP contribution in [0.5, 0.6) is 0 Å². The van der Waals surface area contributed by atoms with Gasteiger partial charge in [0, 0.05) is 36.4 Å². The van der Waals surface area contributed by atoms with Gasteiger partial charge in [0.05, 0.1) is 22.3 Å². The molecule has 0 aliphatic carbocycles. The third-order valence-corrected chi connectivity index (χ3v) is 6.50. The Morgan fingerprint density at radius 3 is 2.50 bits per heavy atom. The van der Waals surface area contributed by atoms with Gasteiger partial charge in [-0.15, -0.1) is 0 Å². The van der Waals surface area contributed by atoms with Crippen molar-refractivity contribution in [3.05, 3.63) is 105 Å². The van der Waals surface area contributed by atoms with Gasteiger partial charge < -0.3 is 0 Å². The molecule has 1 atom stereocenters. The van der Waals surface area contributed by atoms with Crippen LogP contribution >= 0.6 is 15.9 Å². The molecular formula is C28H20BrF3N4O2. The lowest BCUT2D eigenvalue weighted by Crippen LogP contribution is -2.17. The zero-order valence-corrected chi connectivity index (χ0v) is 21.7. The Morgan fingerprint density at radius 1 is 1.11 bits per heavy atom. The number of nitriles is 1. The quantitative estimate of drug-likeness (QED) is 0.220. The van der Waals surface area contributed by atoms with Crippen LogP contribution in [-0.4, -0.2) is 26.3 Å². The lowest BCUT2D eigenvalue weighted by Gasteiger charge is -2.20. The second kappa shape index (κ2) is 11.5. The maximum Gasteiger partial charge on any atom is 0.176 e. The lowest BCUT2D eigenvalue weighted by atomic mass is 9.86. The van der Waals surface area contributed by atoms with E-state index in [1.807, 2.05) is 6.07 Å². The van der Waals surface area contributed by atoms with Crippen LogP contribution in [-0.2, 0) is 17.8 Å². The number of hydrogen-bond acceptors (Lipinski definition) is 5. The first-order valence-corrected chi connectivity index (χ1v) is 12.3. The first kappa shape index (κ1) is 26.9. The number of carbonyl (C=O) groups excluding carboxylic acids is 2. The maximum absolute atomic E-state index is 14.2. The van der Waals surface area contributed by atoms with Crippen LogP contribution in [0.1, 0.15) is 46.6 Å². The number of rotatable bonds is 9. The van der Waals surface area contributed by atoms with Crippen LogP contribution in [0.15, 0.2) is 65.4 Å². The number of nitrogens with zero attached hydrogens (tertiary/aromatic N) is 4.